The second-order valence-electron chi connectivity index (χ2n) is 7.57. The molecule has 0 atom stereocenters. The van der Waals surface area contributed by atoms with E-state index in [1.54, 1.807) is 43.6 Å². The first kappa shape index (κ1) is 21.5. The fraction of sp³-hybridized carbons (Fsp3) is 0.217. The van der Waals surface area contributed by atoms with Gasteiger partial charge in [0.2, 0.25) is 0 Å². The lowest BCUT2D eigenvalue weighted by Gasteiger charge is -2.28. The van der Waals surface area contributed by atoms with E-state index in [2.05, 4.69) is 25.5 Å². The van der Waals surface area contributed by atoms with Crippen LogP contribution < -0.4 is 26.0 Å². The summed E-state index contributed by atoms with van der Waals surface area (Å²) in [5.74, 6) is 1.35. The highest BCUT2D eigenvalue weighted by molar-refractivity contribution is 6.00. The summed E-state index contributed by atoms with van der Waals surface area (Å²) >= 11 is 0. The number of rotatable bonds is 5. The third kappa shape index (κ3) is 4.55. The number of anilines is 3. The Bertz CT molecular complexity index is 1370. The van der Waals surface area contributed by atoms with E-state index in [1.165, 1.54) is 0 Å². The van der Waals surface area contributed by atoms with Gasteiger partial charge < -0.3 is 29.4 Å². The largest absolute Gasteiger partial charge is 0.491 e. The molecular weight excluding hydrogens is 440 g/mol. The molecule has 3 heterocycles. The molecule has 3 N–H and O–H groups in total. The van der Waals surface area contributed by atoms with Crippen molar-refractivity contribution in [1.82, 2.24) is 15.0 Å². The first-order chi connectivity index (χ1) is 16.6. The number of H-pyrrole nitrogens is 1. The number of urea groups is 1. The minimum atomic E-state index is -0.547. The predicted octanol–water partition coefficient (Wildman–Crippen LogP) is 3.07. The number of hydrogen-bond donors (Lipinski definition) is 3. The van der Waals surface area contributed by atoms with Crippen molar-refractivity contribution >= 4 is 34.3 Å². The fourth-order valence-electron chi connectivity index (χ4n) is 3.67. The van der Waals surface area contributed by atoms with Crippen molar-refractivity contribution in [3.05, 3.63) is 59.2 Å². The number of methoxy groups -OCH3 is 1. The number of oxazole rings is 1. The van der Waals surface area contributed by atoms with Gasteiger partial charge in [-0.3, -0.25) is 4.98 Å². The van der Waals surface area contributed by atoms with E-state index in [0.717, 1.165) is 24.5 Å². The van der Waals surface area contributed by atoms with Gasteiger partial charge in [0.25, 0.3) is 0 Å². The first-order valence-electron chi connectivity index (χ1n) is 10.6. The van der Waals surface area contributed by atoms with Gasteiger partial charge in [-0.15, -0.1) is 0 Å². The van der Waals surface area contributed by atoms with Crippen molar-refractivity contribution in [2.24, 2.45) is 0 Å². The number of carbonyl (C=O) groups is 1. The molecule has 1 fully saturated rings. The van der Waals surface area contributed by atoms with Crippen molar-refractivity contribution in [1.29, 1.82) is 0 Å². The lowest BCUT2D eigenvalue weighted by atomic mass is 10.2. The van der Waals surface area contributed by atoms with Crippen LogP contribution in [0.3, 0.4) is 0 Å². The van der Waals surface area contributed by atoms with Gasteiger partial charge in [-0.05, 0) is 36.4 Å². The SMILES string of the molecule is COc1cnc(-c2ccc(NC(=O)Nc3ccc4[nH]c(=O)oc4c3)cc2)nc1N1CCOCC1. The molecule has 1 saturated heterocycles. The molecule has 0 spiro atoms. The number of hydrogen-bond acceptors (Lipinski definition) is 8. The predicted molar refractivity (Wildman–Crippen MR) is 127 cm³/mol. The molecule has 0 aliphatic carbocycles. The molecule has 0 bridgehead atoms. The zero-order valence-electron chi connectivity index (χ0n) is 18.3. The molecule has 1 aliphatic rings. The van der Waals surface area contributed by atoms with Crippen LogP contribution in [0.5, 0.6) is 5.75 Å². The van der Waals surface area contributed by atoms with E-state index >= 15 is 0 Å². The van der Waals surface area contributed by atoms with Crippen LogP contribution in [0, 0.1) is 0 Å². The highest BCUT2D eigenvalue weighted by atomic mass is 16.5. The molecular formula is C23H22N6O5. The van der Waals surface area contributed by atoms with E-state index in [-0.39, 0.29) is 0 Å². The van der Waals surface area contributed by atoms with Gasteiger partial charge in [0.15, 0.2) is 23.0 Å². The summed E-state index contributed by atoms with van der Waals surface area (Å²) in [6, 6.07) is 11.7. The molecule has 2 amide bonds. The van der Waals surface area contributed by atoms with Crippen LogP contribution in [-0.2, 0) is 4.74 Å². The summed E-state index contributed by atoms with van der Waals surface area (Å²) in [7, 11) is 1.60. The molecule has 11 nitrogen and oxygen atoms in total. The highest BCUT2D eigenvalue weighted by Gasteiger charge is 2.19. The Balaban J connectivity index is 1.28. The van der Waals surface area contributed by atoms with Crippen molar-refractivity contribution < 1.29 is 18.7 Å². The van der Waals surface area contributed by atoms with Crippen LogP contribution in [0.1, 0.15) is 0 Å². The van der Waals surface area contributed by atoms with E-state index in [4.69, 9.17) is 18.9 Å². The summed E-state index contributed by atoms with van der Waals surface area (Å²) in [6.07, 6.45) is 1.66. The van der Waals surface area contributed by atoms with Crippen LogP contribution >= 0.6 is 0 Å². The number of ether oxygens (including phenoxy) is 2. The lowest BCUT2D eigenvalue weighted by molar-refractivity contribution is 0.122. The highest BCUT2D eigenvalue weighted by Crippen LogP contribution is 2.29. The van der Waals surface area contributed by atoms with Gasteiger partial charge >= 0.3 is 11.8 Å². The number of amides is 2. The third-order valence-corrected chi connectivity index (χ3v) is 5.35. The van der Waals surface area contributed by atoms with E-state index in [0.29, 0.717) is 47.3 Å². The van der Waals surface area contributed by atoms with Crippen molar-refractivity contribution in [3.8, 4) is 17.1 Å². The molecule has 0 radical (unpaired) electrons. The van der Waals surface area contributed by atoms with Crippen LogP contribution in [-0.4, -0.2) is 54.4 Å². The Hall–Kier alpha value is -4.38. The molecule has 0 saturated carbocycles. The summed E-state index contributed by atoms with van der Waals surface area (Å²) in [6.45, 7) is 2.73. The number of benzene rings is 2. The molecule has 1 aliphatic heterocycles. The van der Waals surface area contributed by atoms with E-state index < -0.39 is 11.8 Å². The topological polar surface area (TPSA) is 135 Å². The summed E-state index contributed by atoms with van der Waals surface area (Å²) in [5, 5.41) is 5.48. The Labute approximate surface area is 193 Å². The molecule has 0 unspecified atom stereocenters. The number of aromatic amines is 1. The van der Waals surface area contributed by atoms with Gasteiger partial charge in [0, 0.05) is 36.1 Å². The minimum Gasteiger partial charge on any atom is -0.491 e. The van der Waals surface area contributed by atoms with Gasteiger partial charge in [-0.2, -0.15) is 0 Å². The number of morpholine rings is 1. The Morgan fingerprint density at radius 2 is 1.82 bits per heavy atom. The van der Waals surface area contributed by atoms with Gasteiger partial charge in [0.1, 0.15) is 0 Å². The number of nitrogens with zero attached hydrogens (tertiary/aromatic N) is 3. The standard InChI is InChI=1S/C23H22N6O5/c1-32-19-13-24-20(28-21(19)29-8-10-33-11-9-29)14-2-4-15(5-3-14)25-22(30)26-16-6-7-17-18(12-16)34-23(31)27-17/h2-7,12-13H,8-11H2,1H3,(H,27,31)(H2,25,26,30). The summed E-state index contributed by atoms with van der Waals surface area (Å²) in [4.78, 5) is 37.5. The maximum absolute atomic E-state index is 12.4. The van der Waals surface area contributed by atoms with Crippen LogP contribution in [0.4, 0.5) is 22.0 Å². The Morgan fingerprint density at radius 1 is 1.09 bits per heavy atom. The maximum atomic E-state index is 12.4. The molecule has 34 heavy (non-hydrogen) atoms. The van der Waals surface area contributed by atoms with Gasteiger partial charge in [0.05, 0.1) is 32.0 Å². The smallest absolute Gasteiger partial charge is 0.417 e. The Morgan fingerprint density at radius 3 is 2.59 bits per heavy atom. The van der Waals surface area contributed by atoms with Gasteiger partial charge in [-0.1, -0.05) is 0 Å². The monoisotopic (exact) mass is 462 g/mol. The minimum absolute atomic E-state index is 0.364. The molecule has 2 aromatic heterocycles. The zero-order chi connectivity index (χ0) is 23.5. The Kier molecular flexibility index (Phi) is 5.83. The van der Waals surface area contributed by atoms with Crippen molar-refractivity contribution in [2.75, 3.05) is 48.9 Å². The lowest BCUT2D eigenvalue weighted by Crippen LogP contribution is -2.37. The van der Waals surface area contributed by atoms with Crippen LogP contribution in [0.2, 0.25) is 0 Å². The molecule has 4 aromatic rings. The molecule has 11 heteroatoms. The third-order valence-electron chi connectivity index (χ3n) is 5.35. The van der Waals surface area contributed by atoms with Crippen molar-refractivity contribution in [2.45, 2.75) is 0 Å². The van der Waals surface area contributed by atoms with Crippen LogP contribution in [0.25, 0.3) is 22.5 Å². The average Bonchev–Trinajstić information content (AvgIpc) is 3.24. The van der Waals surface area contributed by atoms with Crippen molar-refractivity contribution in [3.63, 3.8) is 0 Å². The number of nitrogens with one attached hydrogen (secondary N) is 3. The molecule has 2 aromatic carbocycles. The van der Waals surface area contributed by atoms with Crippen LogP contribution in [0.15, 0.2) is 57.9 Å². The second kappa shape index (κ2) is 9.24. The second-order valence-corrected chi connectivity index (χ2v) is 7.57. The van der Waals surface area contributed by atoms with Gasteiger partial charge in [-0.25, -0.2) is 19.6 Å². The maximum Gasteiger partial charge on any atom is 0.417 e. The van der Waals surface area contributed by atoms with E-state index in [1.807, 2.05) is 12.1 Å². The quantitative estimate of drug-likeness (QED) is 0.412. The molecule has 174 valence electrons. The summed E-state index contributed by atoms with van der Waals surface area (Å²) < 4.78 is 15.9. The average molecular weight is 462 g/mol. The normalized spacial score (nSPS) is 13.6. The summed E-state index contributed by atoms with van der Waals surface area (Å²) in [5.41, 5.74) is 2.81. The number of aromatic nitrogens is 3. The van der Waals surface area contributed by atoms with E-state index in [9.17, 15) is 9.59 Å². The number of carbonyl (C=O) groups excluding carboxylic acids is 1. The number of fused-ring (bicyclic) bond motifs is 1. The fourth-order valence-corrected chi connectivity index (χ4v) is 3.67. The first-order valence-corrected chi connectivity index (χ1v) is 10.6. The molecule has 5 rings (SSSR count). The zero-order valence-corrected chi connectivity index (χ0v) is 18.3.